The minimum absolute atomic E-state index is 0.296. The Bertz CT molecular complexity index is 944. The monoisotopic (exact) mass is 411 g/mol. The summed E-state index contributed by atoms with van der Waals surface area (Å²) in [6.07, 6.45) is 1.19. The minimum Gasteiger partial charge on any atom is -0.496 e. The van der Waals surface area contributed by atoms with Crippen molar-refractivity contribution in [3.63, 3.8) is 0 Å². The Balaban J connectivity index is 1.56. The standard InChI is InChI=1S/C22H25N3O5/c1-29-13-5-12-25-20(26)17-9-8-16(14-18(17)21(25)27)24-22(28)23-11-10-15-6-3-4-7-19(15)30-2/h3-4,6-9,14H,5,10-13H2,1-2H3,(H2,23,24,28). The van der Waals surface area contributed by atoms with Gasteiger partial charge < -0.3 is 20.1 Å². The van der Waals surface area contributed by atoms with Crippen molar-refractivity contribution in [2.45, 2.75) is 12.8 Å². The van der Waals surface area contributed by atoms with Crippen LogP contribution in [0.3, 0.4) is 0 Å². The summed E-state index contributed by atoms with van der Waals surface area (Å²) in [6, 6.07) is 11.9. The number of carbonyl (C=O) groups is 3. The summed E-state index contributed by atoms with van der Waals surface area (Å²) >= 11 is 0. The minimum atomic E-state index is -0.390. The number of nitrogens with zero attached hydrogens (tertiary/aromatic N) is 1. The molecule has 0 saturated carbocycles. The van der Waals surface area contributed by atoms with E-state index in [4.69, 9.17) is 9.47 Å². The van der Waals surface area contributed by atoms with Crippen molar-refractivity contribution >= 4 is 23.5 Å². The third-order valence-electron chi connectivity index (χ3n) is 4.83. The van der Waals surface area contributed by atoms with E-state index in [1.807, 2.05) is 24.3 Å². The van der Waals surface area contributed by atoms with Crippen LogP contribution in [-0.4, -0.2) is 56.7 Å². The Hall–Kier alpha value is -3.39. The maximum absolute atomic E-state index is 12.6. The number of hydrogen-bond donors (Lipinski definition) is 2. The molecule has 0 atom stereocenters. The van der Waals surface area contributed by atoms with Crippen LogP contribution < -0.4 is 15.4 Å². The van der Waals surface area contributed by atoms with E-state index in [9.17, 15) is 14.4 Å². The molecule has 1 aliphatic heterocycles. The number of fused-ring (bicyclic) bond motifs is 1. The zero-order valence-corrected chi connectivity index (χ0v) is 17.1. The van der Waals surface area contributed by atoms with Crippen LogP contribution in [0.2, 0.25) is 0 Å². The lowest BCUT2D eigenvalue weighted by atomic mass is 10.1. The Morgan fingerprint density at radius 3 is 2.57 bits per heavy atom. The lowest BCUT2D eigenvalue weighted by Gasteiger charge is -2.12. The summed E-state index contributed by atoms with van der Waals surface area (Å²) in [7, 11) is 3.18. The second kappa shape index (κ2) is 9.89. The number of hydrogen-bond acceptors (Lipinski definition) is 5. The number of amides is 4. The van der Waals surface area contributed by atoms with Crippen LogP contribution in [0.4, 0.5) is 10.5 Å². The van der Waals surface area contributed by atoms with E-state index < -0.39 is 6.03 Å². The van der Waals surface area contributed by atoms with Gasteiger partial charge in [0.15, 0.2) is 0 Å². The molecule has 0 unspecified atom stereocenters. The zero-order chi connectivity index (χ0) is 21.5. The molecular formula is C22H25N3O5. The highest BCUT2D eigenvalue weighted by Gasteiger charge is 2.35. The fourth-order valence-electron chi connectivity index (χ4n) is 3.33. The number of ether oxygens (including phenoxy) is 2. The fraction of sp³-hybridized carbons (Fsp3) is 0.318. The van der Waals surface area contributed by atoms with Crippen LogP contribution in [-0.2, 0) is 11.2 Å². The molecule has 30 heavy (non-hydrogen) atoms. The maximum Gasteiger partial charge on any atom is 0.319 e. The lowest BCUT2D eigenvalue weighted by Crippen LogP contribution is -2.31. The molecule has 0 radical (unpaired) electrons. The van der Waals surface area contributed by atoms with E-state index in [-0.39, 0.29) is 11.8 Å². The van der Waals surface area contributed by atoms with Gasteiger partial charge in [-0.25, -0.2) is 4.79 Å². The lowest BCUT2D eigenvalue weighted by molar-refractivity contribution is 0.0638. The number of imide groups is 1. The highest BCUT2D eigenvalue weighted by Crippen LogP contribution is 2.26. The van der Waals surface area contributed by atoms with Crippen molar-refractivity contribution in [3.8, 4) is 5.75 Å². The van der Waals surface area contributed by atoms with Gasteiger partial charge >= 0.3 is 6.03 Å². The molecule has 8 nitrogen and oxygen atoms in total. The molecule has 2 aromatic carbocycles. The van der Waals surface area contributed by atoms with E-state index in [1.54, 1.807) is 26.4 Å². The summed E-state index contributed by atoms with van der Waals surface area (Å²) in [4.78, 5) is 38.4. The van der Waals surface area contributed by atoms with Gasteiger partial charge in [0.25, 0.3) is 11.8 Å². The molecule has 2 N–H and O–H groups in total. The fourth-order valence-corrected chi connectivity index (χ4v) is 3.33. The predicted octanol–water partition coefficient (Wildman–Crippen LogP) is 2.69. The number of nitrogens with one attached hydrogen (secondary N) is 2. The van der Waals surface area contributed by atoms with Crippen LogP contribution in [0.25, 0.3) is 0 Å². The SMILES string of the molecule is COCCCN1C(=O)c2ccc(NC(=O)NCCc3ccccc3OC)cc2C1=O. The van der Waals surface area contributed by atoms with E-state index >= 15 is 0 Å². The number of para-hydroxylation sites is 1. The number of urea groups is 1. The van der Waals surface area contributed by atoms with Gasteiger partial charge in [0.1, 0.15) is 5.75 Å². The van der Waals surface area contributed by atoms with Gasteiger partial charge in [-0.1, -0.05) is 18.2 Å². The van der Waals surface area contributed by atoms with Crippen molar-refractivity contribution in [3.05, 3.63) is 59.2 Å². The van der Waals surface area contributed by atoms with Gasteiger partial charge in [-0.05, 0) is 42.7 Å². The van der Waals surface area contributed by atoms with Gasteiger partial charge in [-0.15, -0.1) is 0 Å². The molecule has 0 aliphatic carbocycles. The second-order valence-electron chi connectivity index (χ2n) is 6.81. The molecule has 4 amide bonds. The van der Waals surface area contributed by atoms with Crippen molar-refractivity contribution in [1.29, 1.82) is 0 Å². The van der Waals surface area contributed by atoms with Crippen molar-refractivity contribution in [1.82, 2.24) is 10.2 Å². The normalized spacial score (nSPS) is 12.7. The van der Waals surface area contributed by atoms with Crippen LogP contribution in [0.15, 0.2) is 42.5 Å². The first-order chi connectivity index (χ1) is 14.5. The van der Waals surface area contributed by atoms with Gasteiger partial charge in [-0.3, -0.25) is 14.5 Å². The van der Waals surface area contributed by atoms with E-state index in [0.29, 0.717) is 49.4 Å². The van der Waals surface area contributed by atoms with Crippen LogP contribution in [0.1, 0.15) is 32.7 Å². The number of anilines is 1. The van der Waals surface area contributed by atoms with Gasteiger partial charge in [0, 0.05) is 32.5 Å². The van der Waals surface area contributed by atoms with Gasteiger partial charge in [-0.2, -0.15) is 0 Å². The molecule has 0 bridgehead atoms. The summed E-state index contributed by atoms with van der Waals surface area (Å²) in [5.74, 6) is 0.0989. The molecule has 0 spiro atoms. The highest BCUT2D eigenvalue weighted by atomic mass is 16.5. The van der Waals surface area contributed by atoms with Gasteiger partial charge in [0.05, 0.1) is 18.2 Å². The number of benzene rings is 2. The molecule has 0 fully saturated rings. The van der Waals surface area contributed by atoms with E-state index in [0.717, 1.165) is 11.3 Å². The largest absolute Gasteiger partial charge is 0.496 e. The topological polar surface area (TPSA) is 97.0 Å². The molecule has 158 valence electrons. The Labute approximate surface area is 175 Å². The second-order valence-corrected chi connectivity index (χ2v) is 6.81. The Kier molecular flexibility index (Phi) is 7.03. The summed E-state index contributed by atoms with van der Waals surface area (Å²) in [5, 5.41) is 5.49. The smallest absolute Gasteiger partial charge is 0.319 e. The molecule has 0 aromatic heterocycles. The maximum atomic E-state index is 12.6. The average Bonchev–Trinajstić information content (AvgIpc) is 2.98. The molecule has 1 heterocycles. The quantitative estimate of drug-likeness (QED) is 0.489. The van der Waals surface area contributed by atoms with Gasteiger partial charge in [0.2, 0.25) is 0 Å². The van der Waals surface area contributed by atoms with Crippen LogP contribution in [0, 0.1) is 0 Å². The third-order valence-corrected chi connectivity index (χ3v) is 4.83. The third kappa shape index (κ3) is 4.77. The summed E-state index contributed by atoms with van der Waals surface area (Å²) < 4.78 is 10.3. The molecule has 8 heteroatoms. The number of methoxy groups -OCH3 is 2. The molecule has 3 rings (SSSR count). The number of rotatable bonds is 9. The van der Waals surface area contributed by atoms with Crippen LogP contribution in [0.5, 0.6) is 5.75 Å². The molecule has 2 aromatic rings. The van der Waals surface area contributed by atoms with Crippen molar-refractivity contribution in [2.75, 3.05) is 39.2 Å². The number of carbonyl (C=O) groups excluding carboxylic acids is 3. The Morgan fingerprint density at radius 2 is 1.80 bits per heavy atom. The summed E-state index contributed by atoms with van der Waals surface area (Å²) in [6.45, 7) is 1.18. The Morgan fingerprint density at radius 1 is 1.03 bits per heavy atom. The first kappa shape index (κ1) is 21.3. The van der Waals surface area contributed by atoms with Crippen molar-refractivity contribution in [2.24, 2.45) is 0 Å². The average molecular weight is 411 g/mol. The first-order valence-corrected chi connectivity index (χ1v) is 9.71. The van der Waals surface area contributed by atoms with Crippen molar-refractivity contribution < 1.29 is 23.9 Å². The van der Waals surface area contributed by atoms with Crippen LogP contribution >= 0.6 is 0 Å². The van der Waals surface area contributed by atoms with E-state index in [2.05, 4.69) is 10.6 Å². The molecule has 1 aliphatic rings. The zero-order valence-electron chi connectivity index (χ0n) is 17.1. The first-order valence-electron chi connectivity index (χ1n) is 9.71. The summed E-state index contributed by atoms with van der Waals surface area (Å²) in [5.41, 5.74) is 2.09. The molecule has 0 saturated heterocycles. The highest BCUT2D eigenvalue weighted by molar-refractivity contribution is 6.21. The van der Waals surface area contributed by atoms with E-state index in [1.165, 1.54) is 11.0 Å². The predicted molar refractivity (Wildman–Crippen MR) is 112 cm³/mol. The molecular weight excluding hydrogens is 386 g/mol.